The number of aliphatic hydroxyl groups is 1. The summed E-state index contributed by atoms with van der Waals surface area (Å²) in [7, 11) is 0. The average molecular weight is 273 g/mol. The second-order valence-corrected chi connectivity index (χ2v) is 4.87. The van der Waals surface area contributed by atoms with E-state index in [1.807, 2.05) is 26.1 Å². The van der Waals surface area contributed by atoms with E-state index in [0.29, 0.717) is 6.54 Å². The first-order chi connectivity index (χ1) is 7.09. The van der Waals surface area contributed by atoms with Crippen molar-refractivity contribution < 1.29 is 5.11 Å². The van der Waals surface area contributed by atoms with Crippen LogP contribution in [0.5, 0.6) is 0 Å². The highest BCUT2D eigenvalue weighted by Gasteiger charge is 2.07. The zero-order valence-electron chi connectivity index (χ0n) is 9.07. The predicted octanol–water partition coefficient (Wildman–Crippen LogP) is 1.95. The fraction of sp³-hybridized carbons (Fsp3) is 0.545. The molecule has 0 aromatic carbocycles. The van der Waals surface area contributed by atoms with Gasteiger partial charge in [0.25, 0.3) is 0 Å². The van der Waals surface area contributed by atoms with Crippen LogP contribution < -0.4 is 5.32 Å². The molecular formula is C11H17BrN2O. The van der Waals surface area contributed by atoms with E-state index in [9.17, 15) is 5.11 Å². The third kappa shape index (κ3) is 4.73. The van der Waals surface area contributed by atoms with Crippen LogP contribution in [0.3, 0.4) is 0 Å². The molecule has 0 aliphatic heterocycles. The summed E-state index contributed by atoms with van der Waals surface area (Å²) in [6.07, 6.45) is 3.29. The van der Waals surface area contributed by atoms with Crippen molar-refractivity contribution >= 4 is 15.9 Å². The average Bonchev–Trinajstić information content (AvgIpc) is 2.17. The van der Waals surface area contributed by atoms with Gasteiger partial charge in [0.05, 0.1) is 6.10 Å². The van der Waals surface area contributed by atoms with Crippen LogP contribution in [0.15, 0.2) is 22.9 Å². The summed E-state index contributed by atoms with van der Waals surface area (Å²) in [5, 5.41) is 12.8. The minimum atomic E-state index is -0.287. The van der Waals surface area contributed by atoms with Gasteiger partial charge in [0, 0.05) is 30.0 Å². The fourth-order valence-corrected chi connectivity index (χ4v) is 1.56. The third-order valence-corrected chi connectivity index (χ3v) is 2.65. The lowest BCUT2D eigenvalue weighted by atomic mass is 10.1. The maximum Gasteiger partial charge on any atom is 0.0687 e. The summed E-state index contributed by atoms with van der Waals surface area (Å²) < 4.78 is 0.978. The van der Waals surface area contributed by atoms with Crippen molar-refractivity contribution in [3.8, 4) is 0 Å². The number of rotatable bonds is 5. The Bertz CT molecular complexity index is 304. The van der Waals surface area contributed by atoms with Gasteiger partial charge >= 0.3 is 0 Å². The molecule has 1 heterocycles. The number of aliphatic hydroxyl groups excluding tert-OH is 1. The number of aromatic nitrogens is 1. The van der Waals surface area contributed by atoms with Gasteiger partial charge in [-0.3, -0.25) is 4.98 Å². The molecule has 1 unspecified atom stereocenters. The van der Waals surface area contributed by atoms with Crippen molar-refractivity contribution in [3.63, 3.8) is 0 Å². The molecule has 0 saturated carbocycles. The van der Waals surface area contributed by atoms with Crippen LogP contribution >= 0.6 is 15.9 Å². The Morgan fingerprint density at radius 3 is 2.80 bits per heavy atom. The quantitative estimate of drug-likeness (QED) is 0.862. The summed E-state index contributed by atoms with van der Waals surface area (Å²) in [5.74, 6) is 0.290. The monoisotopic (exact) mass is 272 g/mol. The summed E-state index contributed by atoms with van der Waals surface area (Å²) >= 11 is 3.37. The van der Waals surface area contributed by atoms with E-state index in [4.69, 9.17) is 0 Å². The first-order valence-corrected chi connectivity index (χ1v) is 5.87. The van der Waals surface area contributed by atoms with Crippen LogP contribution in [-0.4, -0.2) is 22.7 Å². The minimum absolute atomic E-state index is 0.287. The molecule has 1 rings (SSSR count). The van der Waals surface area contributed by atoms with Crippen molar-refractivity contribution in [2.24, 2.45) is 5.92 Å². The highest BCUT2D eigenvalue weighted by Crippen LogP contribution is 2.09. The Kier molecular flexibility index (Phi) is 5.22. The number of nitrogens with one attached hydrogen (secondary N) is 1. The summed E-state index contributed by atoms with van der Waals surface area (Å²) in [4.78, 5) is 4.07. The highest BCUT2D eigenvalue weighted by atomic mass is 79.9. The molecule has 1 aromatic heterocycles. The second kappa shape index (κ2) is 6.20. The summed E-state index contributed by atoms with van der Waals surface area (Å²) in [6.45, 7) is 5.36. The molecule has 2 N–H and O–H groups in total. The molecule has 4 heteroatoms. The highest BCUT2D eigenvalue weighted by molar-refractivity contribution is 9.10. The van der Waals surface area contributed by atoms with Crippen LogP contribution in [0.25, 0.3) is 0 Å². The zero-order chi connectivity index (χ0) is 11.3. The molecule has 0 aliphatic carbocycles. The van der Waals surface area contributed by atoms with Crippen molar-refractivity contribution in [1.82, 2.24) is 10.3 Å². The van der Waals surface area contributed by atoms with Gasteiger partial charge in [0.15, 0.2) is 0 Å². The Hall–Kier alpha value is -0.450. The number of halogens is 1. The first-order valence-electron chi connectivity index (χ1n) is 5.08. The lowest BCUT2D eigenvalue weighted by molar-refractivity contribution is 0.123. The molecule has 1 atom stereocenters. The first kappa shape index (κ1) is 12.6. The van der Waals surface area contributed by atoms with Gasteiger partial charge < -0.3 is 10.4 Å². The maximum absolute atomic E-state index is 9.57. The lowest BCUT2D eigenvalue weighted by Gasteiger charge is -2.14. The van der Waals surface area contributed by atoms with Crippen molar-refractivity contribution in [3.05, 3.63) is 28.5 Å². The molecular weight excluding hydrogens is 256 g/mol. The Labute approximate surface area is 99.1 Å². The van der Waals surface area contributed by atoms with E-state index in [0.717, 1.165) is 16.6 Å². The van der Waals surface area contributed by atoms with Crippen molar-refractivity contribution in [1.29, 1.82) is 0 Å². The van der Waals surface area contributed by atoms with Gasteiger partial charge in [-0.15, -0.1) is 0 Å². The van der Waals surface area contributed by atoms with Gasteiger partial charge in [-0.25, -0.2) is 0 Å². The van der Waals surface area contributed by atoms with E-state index < -0.39 is 0 Å². The topological polar surface area (TPSA) is 45.1 Å². The van der Waals surface area contributed by atoms with Crippen LogP contribution in [0.2, 0.25) is 0 Å². The third-order valence-electron chi connectivity index (χ3n) is 2.21. The molecule has 0 saturated heterocycles. The predicted molar refractivity (Wildman–Crippen MR) is 64.5 cm³/mol. The summed E-state index contributed by atoms with van der Waals surface area (Å²) in [5.41, 5.74) is 1.11. The zero-order valence-corrected chi connectivity index (χ0v) is 10.7. The molecule has 0 aliphatic rings. The smallest absolute Gasteiger partial charge is 0.0687 e. The van der Waals surface area contributed by atoms with Crippen molar-refractivity contribution in [2.75, 3.05) is 6.54 Å². The fourth-order valence-electron chi connectivity index (χ4n) is 1.15. The number of hydrogen-bond donors (Lipinski definition) is 2. The minimum Gasteiger partial charge on any atom is -0.392 e. The molecule has 84 valence electrons. The van der Waals surface area contributed by atoms with E-state index in [-0.39, 0.29) is 12.0 Å². The molecule has 0 bridgehead atoms. The second-order valence-electron chi connectivity index (χ2n) is 3.95. The molecule has 0 radical (unpaired) electrons. The van der Waals surface area contributed by atoms with Crippen LogP contribution in [0.1, 0.15) is 19.4 Å². The van der Waals surface area contributed by atoms with E-state index in [2.05, 4.69) is 26.2 Å². The van der Waals surface area contributed by atoms with Gasteiger partial charge in [-0.1, -0.05) is 13.8 Å². The van der Waals surface area contributed by atoms with Gasteiger partial charge in [0.1, 0.15) is 0 Å². The SMILES string of the molecule is CC(C)C(O)CNCc1cncc(Br)c1. The Morgan fingerprint density at radius 1 is 1.47 bits per heavy atom. The van der Waals surface area contributed by atoms with E-state index in [1.165, 1.54) is 0 Å². The molecule has 0 fully saturated rings. The van der Waals surface area contributed by atoms with Gasteiger partial charge in [0.2, 0.25) is 0 Å². The summed E-state index contributed by atoms with van der Waals surface area (Å²) in [6, 6.07) is 2.02. The van der Waals surface area contributed by atoms with Crippen LogP contribution in [0.4, 0.5) is 0 Å². The lowest BCUT2D eigenvalue weighted by Crippen LogP contribution is -2.30. The van der Waals surface area contributed by atoms with E-state index in [1.54, 1.807) is 6.20 Å². The van der Waals surface area contributed by atoms with Gasteiger partial charge in [-0.05, 0) is 33.5 Å². The van der Waals surface area contributed by atoms with Crippen molar-refractivity contribution in [2.45, 2.75) is 26.5 Å². The molecule has 0 amide bonds. The van der Waals surface area contributed by atoms with Crippen LogP contribution in [-0.2, 0) is 6.54 Å². The van der Waals surface area contributed by atoms with Crippen LogP contribution in [0, 0.1) is 5.92 Å². The van der Waals surface area contributed by atoms with E-state index >= 15 is 0 Å². The molecule has 3 nitrogen and oxygen atoms in total. The normalized spacial score (nSPS) is 13.1. The molecule has 0 spiro atoms. The standard InChI is InChI=1S/C11H17BrN2O/c1-8(2)11(15)7-14-5-9-3-10(12)6-13-4-9/h3-4,6,8,11,14-15H,5,7H2,1-2H3. The number of pyridine rings is 1. The largest absolute Gasteiger partial charge is 0.392 e. The maximum atomic E-state index is 9.57. The van der Waals surface area contributed by atoms with Gasteiger partial charge in [-0.2, -0.15) is 0 Å². The Morgan fingerprint density at radius 2 is 2.20 bits per heavy atom. The Balaban J connectivity index is 2.32. The molecule has 15 heavy (non-hydrogen) atoms. The number of nitrogens with zero attached hydrogens (tertiary/aromatic N) is 1. The number of hydrogen-bond acceptors (Lipinski definition) is 3. The molecule has 1 aromatic rings.